The molecule has 188 valence electrons. The molecule has 0 saturated heterocycles. The van der Waals surface area contributed by atoms with Gasteiger partial charge in [-0.15, -0.1) is 0 Å². The molecule has 9 nitrogen and oxygen atoms in total. The van der Waals surface area contributed by atoms with Crippen molar-refractivity contribution in [2.45, 2.75) is 20.8 Å². The summed E-state index contributed by atoms with van der Waals surface area (Å²) in [5, 5.41) is 11.3. The molecule has 1 aliphatic heterocycles. The van der Waals surface area contributed by atoms with Crippen molar-refractivity contribution in [3.8, 4) is 11.5 Å². The molecule has 0 atom stereocenters. The Morgan fingerprint density at radius 3 is 2.62 bits per heavy atom. The molecule has 1 heterocycles. The number of carbonyl (C=O) groups excluding carboxylic acids is 2. The van der Waals surface area contributed by atoms with Crippen molar-refractivity contribution in [1.82, 2.24) is 0 Å². The molecule has 0 fully saturated rings. The molecular weight excluding hydrogens is 544 g/mol. The topological polar surface area (TPSA) is 117 Å². The van der Waals surface area contributed by atoms with Gasteiger partial charge in [0.1, 0.15) is 0 Å². The van der Waals surface area contributed by atoms with E-state index in [1.807, 2.05) is 13.0 Å². The normalized spacial score (nSPS) is 13.8. The number of rotatable bonds is 7. The van der Waals surface area contributed by atoms with E-state index in [4.69, 9.17) is 14.2 Å². The fraction of sp³-hybridized carbons (Fsp3) is 0.148. The number of nitrogens with zero attached hydrogens (tertiary/aromatic N) is 2. The summed E-state index contributed by atoms with van der Waals surface area (Å²) in [7, 11) is 0. The molecule has 0 amide bonds. The Hall–Kier alpha value is -4.31. The number of hydrogen-bond donors (Lipinski definition) is 0. The van der Waals surface area contributed by atoms with Gasteiger partial charge in [-0.2, -0.15) is 0 Å². The van der Waals surface area contributed by atoms with Crippen LogP contribution in [0.3, 0.4) is 0 Å². The molecule has 37 heavy (non-hydrogen) atoms. The van der Waals surface area contributed by atoms with Crippen molar-refractivity contribution < 1.29 is 28.7 Å². The van der Waals surface area contributed by atoms with E-state index in [2.05, 4.69) is 20.9 Å². The van der Waals surface area contributed by atoms with Crippen molar-refractivity contribution >= 4 is 45.5 Å². The summed E-state index contributed by atoms with van der Waals surface area (Å²) in [5.41, 5.74) is 2.42. The molecule has 1 aliphatic rings. The lowest BCUT2D eigenvalue weighted by Gasteiger charge is -2.14. The van der Waals surface area contributed by atoms with Crippen LogP contribution in [-0.4, -0.2) is 29.4 Å². The monoisotopic (exact) mass is 564 g/mol. The summed E-state index contributed by atoms with van der Waals surface area (Å²) in [4.78, 5) is 40.3. The fourth-order valence-electron chi connectivity index (χ4n) is 3.69. The van der Waals surface area contributed by atoms with E-state index in [0.29, 0.717) is 33.3 Å². The van der Waals surface area contributed by atoms with Gasteiger partial charge in [0.05, 0.1) is 21.6 Å². The van der Waals surface area contributed by atoms with Crippen molar-refractivity contribution in [3.05, 3.63) is 103 Å². The minimum atomic E-state index is -0.704. The summed E-state index contributed by atoms with van der Waals surface area (Å²) in [6.45, 7) is 5.53. The minimum absolute atomic E-state index is 0.000222. The SMILES string of the molecule is CCOc1cc(/C=C2\N=C(c3cccc([N+](=O)[O-])c3C)OC2=O)cc(Br)c1OC(=O)c1cccc(C)c1. The Bertz CT molecular complexity index is 1490. The highest BCUT2D eigenvalue weighted by Crippen LogP contribution is 2.38. The van der Waals surface area contributed by atoms with Crippen LogP contribution in [0.25, 0.3) is 6.08 Å². The molecule has 0 aliphatic carbocycles. The van der Waals surface area contributed by atoms with Crippen LogP contribution in [0.4, 0.5) is 5.69 Å². The molecule has 0 saturated carbocycles. The number of hydrogen-bond acceptors (Lipinski definition) is 8. The van der Waals surface area contributed by atoms with E-state index in [1.54, 1.807) is 50.2 Å². The highest BCUT2D eigenvalue weighted by atomic mass is 79.9. The molecule has 0 N–H and O–H groups in total. The molecule has 0 bridgehead atoms. The predicted octanol–water partition coefficient (Wildman–Crippen LogP) is 5.94. The summed E-state index contributed by atoms with van der Waals surface area (Å²) >= 11 is 3.43. The minimum Gasteiger partial charge on any atom is -0.490 e. The van der Waals surface area contributed by atoms with Crippen LogP contribution < -0.4 is 9.47 Å². The van der Waals surface area contributed by atoms with Gasteiger partial charge in [0.25, 0.3) is 5.69 Å². The highest BCUT2D eigenvalue weighted by Gasteiger charge is 2.28. The Balaban J connectivity index is 1.67. The maximum Gasteiger partial charge on any atom is 0.363 e. The zero-order chi connectivity index (χ0) is 26.7. The van der Waals surface area contributed by atoms with Crippen LogP contribution in [0, 0.1) is 24.0 Å². The molecule has 4 rings (SSSR count). The van der Waals surface area contributed by atoms with E-state index in [1.165, 1.54) is 18.2 Å². The summed E-state index contributed by atoms with van der Waals surface area (Å²) < 4.78 is 17.1. The Labute approximate surface area is 220 Å². The van der Waals surface area contributed by atoms with Crippen LogP contribution in [0.2, 0.25) is 0 Å². The summed E-state index contributed by atoms with van der Waals surface area (Å²) in [6, 6.07) is 14.7. The smallest absolute Gasteiger partial charge is 0.363 e. The van der Waals surface area contributed by atoms with E-state index >= 15 is 0 Å². The second-order valence-corrected chi connectivity index (χ2v) is 8.92. The molecule has 10 heteroatoms. The van der Waals surface area contributed by atoms with E-state index in [9.17, 15) is 19.7 Å². The van der Waals surface area contributed by atoms with E-state index in [-0.39, 0.29) is 28.8 Å². The zero-order valence-electron chi connectivity index (χ0n) is 20.1. The maximum absolute atomic E-state index is 12.7. The number of ether oxygens (including phenoxy) is 3. The van der Waals surface area contributed by atoms with Crippen molar-refractivity contribution in [3.63, 3.8) is 0 Å². The second-order valence-electron chi connectivity index (χ2n) is 8.06. The highest BCUT2D eigenvalue weighted by molar-refractivity contribution is 9.10. The number of cyclic esters (lactones) is 1. The summed E-state index contributed by atoms with van der Waals surface area (Å²) in [6.07, 6.45) is 1.49. The van der Waals surface area contributed by atoms with E-state index in [0.717, 1.165) is 5.56 Å². The lowest BCUT2D eigenvalue weighted by molar-refractivity contribution is -0.385. The molecule has 0 aromatic heterocycles. The average molecular weight is 565 g/mol. The third-order valence-corrected chi connectivity index (χ3v) is 6.03. The van der Waals surface area contributed by atoms with Crippen LogP contribution >= 0.6 is 15.9 Å². The number of nitro groups is 1. The predicted molar refractivity (Wildman–Crippen MR) is 140 cm³/mol. The summed E-state index contributed by atoms with van der Waals surface area (Å²) in [5.74, 6) is -0.789. The number of esters is 2. The molecule has 3 aromatic rings. The Morgan fingerprint density at radius 2 is 1.92 bits per heavy atom. The number of halogens is 1. The van der Waals surface area contributed by atoms with Gasteiger partial charge >= 0.3 is 11.9 Å². The first-order valence-electron chi connectivity index (χ1n) is 11.2. The molecule has 3 aromatic carbocycles. The van der Waals surface area contributed by atoms with Gasteiger partial charge in [-0.3, -0.25) is 10.1 Å². The van der Waals surface area contributed by atoms with Gasteiger partial charge in [0.2, 0.25) is 5.90 Å². The Morgan fingerprint density at radius 1 is 1.16 bits per heavy atom. The quantitative estimate of drug-likeness (QED) is 0.114. The lowest BCUT2D eigenvalue weighted by Crippen LogP contribution is -2.10. The van der Waals surface area contributed by atoms with Gasteiger partial charge in [-0.1, -0.05) is 23.8 Å². The van der Waals surface area contributed by atoms with Gasteiger partial charge in [-0.25, -0.2) is 14.6 Å². The number of aryl methyl sites for hydroxylation is 1. The maximum atomic E-state index is 12.7. The van der Waals surface area contributed by atoms with Crippen molar-refractivity contribution in [2.24, 2.45) is 4.99 Å². The zero-order valence-corrected chi connectivity index (χ0v) is 21.7. The number of benzene rings is 3. The molecule has 0 unspecified atom stereocenters. The third kappa shape index (κ3) is 5.59. The first-order valence-corrected chi connectivity index (χ1v) is 12.0. The second kappa shape index (κ2) is 10.8. The molecule has 0 spiro atoms. The van der Waals surface area contributed by atoms with Crippen LogP contribution in [0.1, 0.15) is 39.5 Å². The Kier molecular flexibility index (Phi) is 7.49. The number of nitro benzene ring substituents is 1. The van der Waals surface area contributed by atoms with Crippen molar-refractivity contribution in [1.29, 1.82) is 0 Å². The largest absolute Gasteiger partial charge is 0.490 e. The number of aliphatic imine (C=N–C) groups is 1. The first kappa shape index (κ1) is 25.8. The standard InChI is InChI=1S/C27H21BrN2O7/c1-4-35-23-14-17(12-20(28)24(23)36-26(31)18-8-5-7-15(2)11-18)13-21-27(32)37-25(29-21)19-9-6-10-22(16(19)3)30(33)34/h5-14H,4H2,1-3H3/b21-13-. The first-order chi connectivity index (χ1) is 17.7. The van der Waals surface area contributed by atoms with Crippen LogP contribution in [0.5, 0.6) is 11.5 Å². The fourth-order valence-corrected chi connectivity index (χ4v) is 4.23. The molecular formula is C27H21BrN2O7. The van der Waals surface area contributed by atoms with Gasteiger partial charge in [0, 0.05) is 17.2 Å². The van der Waals surface area contributed by atoms with E-state index < -0.39 is 16.9 Å². The van der Waals surface area contributed by atoms with Crippen molar-refractivity contribution in [2.75, 3.05) is 6.61 Å². The average Bonchev–Trinajstić information content (AvgIpc) is 3.21. The third-order valence-electron chi connectivity index (χ3n) is 5.44. The van der Waals surface area contributed by atoms with Crippen LogP contribution in [0.15, 0.2) is 69.8 Å². The number of carbonyl (C=O) groups is 2. The molecule has 0 radical (unpaired) electrons. The van der Waals surface area contributed by atoms with Gasteiger partial charge < -0.3 is 14.2 Å². The van der Waals surface area contributed by atoms with Gasteiger partial charge in [0.15, 0.2) is 17.2 Å². The lowest BCUT2D eigenvalue weighted by atomic mass is 10.1. The van der Waals surface area contributed by atoms with Gasteiger partial charge in [-0.05, 0) is 78.7 Å². The van der Waals surface area contributed by atoms with Crippen LogP contribution in [-0.2, 0) is 9.53 Å².